The van der Waals surface area contributed by atoms with Gasteiger partial charge in [0.05, 0.1) is 0 Å². The fraction of sp³-hybridized carbons (Fsp3) is 1.00. The van der Waals surface area contributed by atoms with Crippen LogP contribution in [-0.4, -0.2) is 16.5 Å². The van der Waals surface area contributed by atoms with Gasteiger partial charge in [0.1, 0.15) is 0 Å². The third-order valence-electron chi connectivity index (χ3n) is 2.30. The van der Waals surface area contributed by atoms with Crippen molar-refractivity contribution in [3.05, 3.63) is 5.21 Å². The van der Waals surface area contributed by atoms with Crippen LogP contribution in [0.1, 0.15) is 32.6 Å². The molecule has 3 nitrogen and oxygen atoms in total. The second kappa shape index (κ2) is 3.32. The molecular formula is C7H14NO2-. The molecule has 3 heteroatoms. The molecule has 1 rings (SSSR count). The van der Waals surface area contributed by atoms with E-state index in [0.717, 1.165) is 31.6 Å². The van der Waals surface area contributed by atoms with E-state index in [2.05, 4.69) is 6.92 Å². The van der Waals surface area contributed by atoms with Crippen LogP contribution >= 0.6 is 0 Å². The molecule has 1 N–H and O–H groups in total. The fourth-order valence-corrected chi connectivity index (χ4v) is 1.46. The maximum Gasteiger partial charge on any atom is 0.0217 e. The van der Waals surface area contributed by atoms with Crippen LogP contribution in [0.5, 0.6) is 0 Å². The SMILES string of the molecule is CC1CCC(N([O-])O)CC1. The highest BCUT2D eigenvalue weighted by molar-refractivity contribution is 4.74. The van der Waals surface area contributed by atoms with E-state index in [0.29, 0.717) is 0 Å². The third-order valence-corrected chi connectivity index (χ3v) is 2.30. The monoisotopic (exact) mass is 144 g/mol. The molecular weight excluding hydrogens is 130 g/mol. The summed E-state index contributed by atoms with van der Waals surface area (Å²) < 4.78 is 0. The van der Waals surface area contributed by atoms with Crippen LogP contribution in [0.4, 0.5) is 0 Å². The summed E-state index contributed by atoms with van der Waals surface area (Å²) in [4.78, 5) is 0. The average molecular weight is 144 g/mol. The molecule has 0 bridgehead atoms. The minimum Gasteiger partial charge on any atom is -0.762 e. The molecule has 0 unspecified atom stereocenters. The molecule has 1 aliphatic carbocycles. The Morgan fingerprint density at radius 2 is 1.80 bits per heavy atom. The Hall–Kier alpha value is -0.120. The maximum absolute atomic E-state index is 10.4. The van der Waals surface area contributed by atoms with Crippen molar-refractivity contribution in [2.75, 3.05) is 0 Å². The summed E-state index contributed by atoms with van der Waals surface area (Å²) in [6.07, 6.45) is 3.84. The summed E-state index contributed by atoms with van der Waals surface area (Å²) in [5.74, 6) is 0.733. The smallest absolute Gasteiger partial charge is 0.0217 e. The molecule has 0 amide bonds. The normalized spacial score (nSPS) is 34.8. The van der Waals surface area contributed by atoms with E-state index in [1.54, 1.807) is 0 Å². The highest BCUT2D eigenvalue weighted by Gasteiger charge is 2.18. The van der Waals surface area contributed by atoms with Crippen LogP contribution in [0.15, 0.2) is 0 Å². The van der Waals surface area contributed by atoms with E-state index in [4.69, 9.17) is 5.21 Å². The molecule has 0 saturated heterocycles. The standard InChI is InChI=1S/C7H14NO2/c1-6-2-4-7(5-3-6)8(9)10/h6-7,9H,2-5H2,1H3/q-1. The molecule has 1 aliphatic rings. The summed E-state index contributed by atoms with van der Waals surface area (Å²) in [5.41, 5.74) is 0. The number of hydrogen-bond donors (Lipinski definition) is 1. The van der Waals surface area contributed by atoms with Gasteiger partial charge in [-0.3, -0.25) is 5.23 Å². The van der Waals surface area contributed by atoms with Gasteiger partial charge in [-0.25, -0.2) is 0 Å². The predicted molar refractivity (Wildman–Crippen MR) is 38.4 cm³/mol. The van der Waals surface area contributed by atoms with Crippen LogP contribution in [0.25, 0.3) is 0 Å². The van der Waals surface area contributed by atoms with Gasteiger partial charge in [0.15, 0.2) is 0 Å². The molecule has 1 saturated carbocycles. The second-order valence-electron chi connectivity index (χ2n) is 3.22. The zero-order valence-electron chi connectivity index (χ0n) is 6.29. The summed E-state index contributed by atoms with van der Waals surface area (Å²) in [6, 6.07) is -0.129. The lowest BCUT2D eigenvalue weighted by molar-refractivity contribution is -0.0911. The first kappa shape index (κ1) is 7.98. The first-order chi connectivity index (χ1) is 4.70. The lowest BCUT2D eigenvalue weighted by Crippen LogP contribution is -2.30. The maximum atomic E-state index is 10.4. The zero-order valence-corrected chi connectivity index (χ0v) is 6.29. The van der Waals surface area contributed by atoms with E-state index >= 15 is 0 Å². The van der Waals surface area contributed by atoms with Crippen LogP contribution in [0, 0.1) is 11.1 Å². The highest BCUT2D eigenvalue weighted by Crippen LogP contribution is 2.25. The van der Waals surface area contributed by atoms with E-state index in [9.17, 15) is 5.21 Å². The predicted octanol–water partition coefficient (Wildman–Crippen LogP) is 1.75. The zero-order chi connectivity index (χ0) is 7.56. The van der Waals surface area contributed by atoms with E-state index < -0.39 is 0 Å². The minimum atomic E-state index is -0.129. The van der Waals surface area contributed by atoms with Gasteiger partial charge in [-0.05, 0) is 31.6 Å². The summed E-state index contributed by atoms with van der Waals surface area (Å²) in [5, 5.41) is 19.0. The van der Waals surface area contributed by atoms with Crippen LogP contribution in [0.2, 0.25) is 0 Å². The van der Waals surface area contributed by atoms with Crippen LogP contribution in [0.3, 0.4) is 0 Å². The first-order valence-corrected chi connectivity index (χ1v) is 3.85. The minimum absolute atomic E-state index is 0.117. The van der Waals surface area contributed by atoms with Crippen molar-refractivity contribution in [2.45, 2.75) is 38.6 Å². The van der Waals surface area contributed by atoms with Crippen molar-refractivity contribution in [1.29, 1.82) is 0 Å². The molecule has 0 atom stereocenters. The van der Waals surface area contributed by atoms with E-state index in [-0.39, 0.29) is 11.3 Å². The van der Waals surface area contributed by atoms with Crippen molar-refractivity contribution in [3.8, 4) is 0 Å². The molecule has 10 heavy (non-hydrogen) atoms. The number of rotatable bonds is 1. The lowest BCUT2D eigenvalue weighted by atomic mass is 9.88. The molecule has 0 radical (unpaired) electrons. The molecule has 0 spiro atoms. The molecule has 0 heterocycles. The molecule has 0 aromatic heterocycles. The Kier molecular flexibility index (Phi) is 2.65. The van der Waals surface area contributed by atoms with Gasteiger partial charge < -0.3 is 10.4 Å². The Morgan fingerprint density at radius 3 is 2.20 bits per heavy atom. The Balaban J connectivity index is 2.26. The van der Waals surface area contributed by atoms with Crippen LogP contribution in [-0.2, 0) is 0 Å². The Morgan fingerprint density at radius 1 is 1.30 bits per heavy atom. The lowest BCUT2D eigenvalue weighted by Gasteiger charge is -2.35. The Labute approximate surface area is 61.2 Å². The van der Waals surface area contributed by atoms with Gasteiger partial charge in [-0.2, -0.15) is 0 Å². The molecule has 1 fully saturated rings. The number of nitrogens with zero attached hydrogens (tertiary/aromatic N) is 1. The van der Waals surface area contributed by atoms with Gasteiger partial charge in [-0.1, -0.05) is 6.92 Å². The number of hydrogen-bond acceptors (Lipinski definition) is 3. The highest BCUT2D eigenvalue weighted by atomic mass is 16.8. The average Bonchev–Trinajstić information content (AvgIpc) is 1.88. The molecule has 0 aromatic rings. The van der Waals surface area contributed by atoms with Crippen molar-refractivity contribution in [1.82, 2.24) is 5.23 Å². The largest absolute Gasteiger partial charge is 0.762 e. The van der Waals surface area contributed by atoms with Gasteiger partial charge in [-0.15, -0.1) is 0 Å². The third kappa shape index (κ3) is 1.94. The Bertz CT molecular complexity index is 97.8. The summed E-state index contributed by atoms with van der Waals surface area (Å²) in [6.45, 7) is 2.18. The van der Waals surface area contributed by atoms with E-state index in [1.807, 2.05) is 0 Å². The molecule has 0 aliphatic heterocycles. The van der Waals surface area contributed by atoms with E-state index in [1.165, 1.54) is 0 Å². The summed E-state index contributed by atoms with van der Waals surface area (Å²) in [7, 11) is 0. The van der Waals surface area contributed by atoms with Gasteiger partial charge in [0.25, 0.3) is 0 Å². The molecule has 60 valence electrons. The van der Waals surface area contributed by atoms with Crippen molar-refractivity contribution < 1.29 is 5.21 Å². The number of hydroxylamine groups is 2. The van der Waals surface area contributed by atoms with Crippen LogP contribution < -0.4 is 0 Å². The van der Waals surface area contributed by atoms with Gasteiger partial charge in [0, 0.05) is 6.04 Å². The fourth-order valence-electron chi connectivity index (χ4n) is 1.46. The first-order valence-electron chi connectivity index (χ1n) is 3.85. The van der Waals surface area contributed by atoms with Gasteiger partial charge >= 0.3 is 0 Å². The topological polar surface area (TPSA) is 46.5 Å². The quantitative estimate of drug-likeness (QED) is 0.570. The van der Waals surface area contributed by atoms with Crippen molar-refractivity contribution >= 4 is 0 Å². The van der Waals surface area contributed by atoms with Crippen molar-refractivity contribution in [3.63, 3.8) is 0 Å². The summed E-state index contributed by atoms with van der Waals surface area (Å²) >= 11 is 0. The molecule has 0 aromatic carbocycles. The second-order valence-corrected chi connectivity index (χ2v) is 3.22. The van der Waals surface area contributed by atoms with Gasteiger partial charge in [0.2, 0.25) is 0 Å². The van der Waals surface area contributed by atoms with Crippen molar-refractivity contribution in [2.24, 2.45) is 5.92 Å².